The summed E-state index contributed by atoms with van der Waals surface area (Å²) in [6.45, 7) is 2.14. The van der Waals surface area contributed by atoms with E-state index in [9.17, 15) is 0 Å². The van der Waals surface area contributed by atoms with Crippen LogP contribution >= 0.6 is 0 Å². The quantitative estimate of drug-likeness (QED) is 0.899. The van der Waals surface area contributed by atoms with E-state index in [4.69, 9.17) is 5.26 Å². The van der Waals surface area contributed by atoms with Crippen LogP contribution in [0.3, 0.4) is 0 Å². The minimum atomic E-state index is 0.204. The fourth-order valence-corrected chi connectivity index (χ4v) is 2.88. The molecule has 0 saturated carbocycles. The molecular weight excluding hydrogens is 244 g/mol. The molecule has 2 aromatic rings. The zero-order valence-electron chi connectivity index (χ0n) is 11.7. The highest BCUT2D eigenvalue weighted by atomic mass is 14.9. The molecule has 2 heteroatoms. The van der Waals surface area contributed by atoms with Gasteiger partial charge in [-0.3, -0.25) is 0 Å². The van der Waals surface area contributed by atoms with Crippen LogP contribution in [0.15, 0.2) is 42.5 Å². The predicted molar refractivity (Wildman–Crippen MR) is 81.7 cm³/mol. The molecule has 0 saturated heterocycles. The van der Waals surface area contributed by atoms with Crippen molar-refractivity contribution >= 4 is 5.69 Å². The Morgan fingerprint density at radius 1 is 1.10 bits per heavy atom. The number of rotatable bonds is 3. The van der Waals surface area contributed by atoms with Crippen LogP contribution in [0.25, 0.3) is 0 Å². The number of nitrogens with one attached hydrogen (secondary N) is 1. The van der Waals surface area contributed by atoms with E-state index in [2.05, 4.69) is 36.5 Å². The van der Waals surface area contributed by atoms with E-state index in [0.717, 1.165) is 5.69 Å². The van der Waals surface area contributed by atoms with E-state index in [-0.39, 0.29) is 6.04 Å². The average molecular weight is 262 g/mol. The zero-order chi connectivity index (χ0) is 13.9. The molecule has 1 atom stereocenters. The second kappa shape index (κ2) is 5.38. The lowest BCUT2D eigenvalue weighted by Gasteiger charge is -2.17. The van der Waals surface area contributed by atoms with Crippen LogP contribution in [0, 0.1) is 11.3 Å². The summed E-state index contributed by atoms with van der Waals surface area (Å²) >= 11 is 0. The van der Waals surface area contributed by atoms with Gasteiger partial charge in [-0.2, -0.15) is 5.26 Å². The van der Waals surface area contributed by atoms with Gasteiger partial charge < -0.3 is 5.32 Å². The third kappa shape index (κ3) is 2.40. The summed E-state index contributed by atoms with van der Waals surface area (Å²) in [5.74, 6) is 0. The van der Waals surface area contributed by atoms with Gasteiger partial charge in [0.05, 0.1) is 11.3 Å². The predicted octanol–water partition coefficient (Wildman–Crippen LogP) is 4.22. The lowest BCUT2D eigenvalue weighted by Crippen LogP contribution is -2.08. The Bertz CT molecular complexity index is 667. The van der Waals surface area contributed by atoms with Crippen LogP contribution < -0.4 is 5.32 Å². The van der Waals surface area contributed by atoms with E-state index >= 15 is 0 Å². The number of anilines is 1. The molecule has 0 radical (unpaired) electrons. The molecule has 0 aromatic heterocycles. The molecular formula is C18H18N2. The molecule has 0 amide bonds. The van der Waals surface area contributed by atoms with Crippen LogP contribution in [0.5, 0.6) is 0 Å². The van der Waals surface area contributed by atoms with Crippen molar-refractivity contribution in [3.63, 3.8) is 0 Å². The SMILES string of the molecule is CC(Nc1ccccc1C#N)c1ccc2c(c1)CCC2. The van der Waals surface area contributed by atoms with E-state index in [1.54, 1.807) is 0 Å². The Morgan fingerprint density at radius 3 is 2.75 bits per heavy atom. The van der Waals surface area contributed by atoms with Crippen molar-refractivity contribution in [2.24, 2.45) is 0 Å². The van der Waals surface area contributed by atoms with Crippen LogP contribution in [0.2, 0.25) is 0 Å². The molecule has 2 aromatic carbocycles. The number of benzene rings is 2. The summed E-state index contributed by atoms with van der Waals surface area (Å²) in [7, 11) is 0. The number of aryl methyl sites for hydroxylation is 2. The summed E-state index contributed by atoms with van der Waals surface area (Å²) in [5.41, 5.74) is 5.88. The Hall–Kier alpha value is -2.27. The largest absolute Gasteiger partial charge is 0.377 e. The standard InChI is InChI=1S/C18H18N2/c1-13(20-18-8-3-2-5-17(18)12-19)15-10-9-14-6-4-7-16(14)11-15/h2-3,5,8-11,13,20H,4,6-7H2,1H3. The molecule has 0 heterocycles. The Balaban J connectivity index is 1.83. The molecule has 0 spiro atoms. The van der Waals surface area contributed by atoms with Crippen LogP contribution in [0.4, 0.5) is 5.69 Å². The number of nitriles is 1. The molecule has 3 rings (SSSR count). The first-order valence-corrected chi connectivity index (χ1v) is 7.15. The number of para-hydroxylation sites is 1. The lowest BCUT2D eigenvalue weighted by molar-refractivity contribution is 0.878. The summed E-state index contributed by atoms with van der Waals surface area (Å²) < 4.78 is 0. The molecule has 0 aliphatic heterocycles. The molecule has 100 valence electrons. The average Bonchev–Trinajstić information content (AvgIpc) is 2.95. The first-order chi connectivity index (χ1) is 9.78. The van der Waals surface area contributed by atoms with E-state index in [1.165, 1.54) is 36.0 Å². The highest BCUT2D eigenvalue weighted by Gasteiger charge is 2.14. The number of hydrogen-bond donors (Lipinski definition) is 1. The van der Waals surface area contributed by atoms with Crippen molar-refractivity contribution < 1.29 is 0 Å². The zero-order valence-corrected chi connectivity index (χ0v) is 11.7. The molecule has 1 aliphatic rings. The normalized spacial score (nSPS) is 14.4. The minimum absolute atomic E-state index is 0.204. The van der Waals surface area contributed by atoms with Gasteiger partial charge >= 0.3 is 0 Å². The second-order valence-electron chi connectivity index (χ2n) is 5.41. The third-order valence-electron chi connectivity index (χ3n) is 4.04. The molecule has 0 bridgehead atoms. The second-order valence-corrected chi connectivity index (χ2v) is 5.41. The maximum Gasteiger partial charge on any atom is 0.101 e. The number of hydrogen-bond acceptors (Lipinski definition) is 2. The van der Waals surface area contributed by atoms with E-state index < -0.39 is 0 Å². The third-order valence-corrected chi connectivity index (χ3v) is 4.04. The van der Waals surface area contributed by atoms with Gasteiger partial charge in [-0.15, -0.1) is 0 Å². The van der Waals surface area contributed by atoms with Crippen LogP contribution in [0.1, 0.15) is 41.6 Å². The van der Waals surface area contributed by atoms with Gasteiger partial charge in [0.15, 0.2) is 0 Å². The van der Waals surface area contributed by atoms with E-state index in [1.807, 2.05) is 24.3 Å². The highest BCUT2D eigenvalue weighted by molar-refractivity contribution is 5.58. The van der Waals surface area contributed by atoms with Gasteiger partial charge in [0.1, 0.15) is 6.07 Å². The van der Waals surface area contributed by atoms with Crippen molar-refractivity contribution in [1.29, 1.82) is 5.26 Å². The molecule has 20 heavy (non-hydrogen) atoms. The van der Waals surface area contributed by atoms with Gasteiger partial charge in [0.25, 0.3) is 0 Å². The number of nitrogens with zero attached hydrogens (tertiary/aromatic N) is 1. The maximum absolute atomic E-state index is 9.14. The van der Waals surface area contributed by atoms with Gasteiger partial charge in [-0.1, -0.05) is 30.3 Å². The topological polar surface area (TPSA) is 35.8 Å². The Kier molecular flexibility index (Phi) is 3.43. The highest BCUT2D eigenvalue weighted by Crippen LogP contribution is 2.27. The molecule has 1 N–H and O–H groups in total. The van der Waals surface area contributed by atoms with Crippen molar-refractivity contribution in [2.45, 2.75) is 32.2 Å². The Morgan fingerprint density at radius 2 is 1.90 bits per heavy atom. The first kappa shape index (κ1) is 12.7. The van der Waals surface area contributed by atoms with Gasteiger partial charge in [0, 0.05) is 6.04 Å². The fraction of sp³-hybridized carbons (Fsp3) is 0.278. The fourth-order valence-electron chi connectivity index (χ4n) is 2.88. The minimum Gasteiger partial charge on any atom is -0.377 e. The molecule has 1 unspecified atom stereocenters. The summed E-state index contributed by atoms with van der Waals surface area (Å²) in [5, 5.41) is 12.6. The molecule has 2 nitrogen and oxygen atoms in total. The summed E-state index contributed by atoms with van der Waals surface area (Å²) in [6.07, 6.45) is 3.69. The smallest absolute Gasteiger partial charge is 0.101 e. The maximum atomic E-state index is 9.14. The number of fused-ring (bicyclic) bond motifs is 1. The van der Waals surface area contributed by atoms with Gasteiger partial charge in [-0.05, 0) is 55.0 Å². The Labute approximate surface area is 120 Å². The first-order valence-electron chi connectivity index (χ1n) is 7.15. The molecule has 0 fully saturated rings. The summed E-state index contributed by atoms with van der Waals surface area (Å²) in [4.78, 5) is 0. The van der Waals surface area contributed by atoms with Crippen molar-refractivity contribution in [3.05, 3.63) is 64.7 Å². The van der Waals surface area contributed by atoms with Crippen LogP contribution in [-0.4, -0.2) is 0 Å². The molecule has 1 aliphatic carbocycles. The summed E-state index contributed by atoms with van der Waals surface area (Å²) in [6, 6.07) is 16.9. The monoisotopic (exact) mass is 262 g/mol. The van der Waals surface area contributed by atoms with Gasteiger partial charge in [-0.25, -0.2) is 0 Å². The van der Waals surface area contributed by atoms with Gasteiger partial charge in [0.2, 0.25) is 0 Å². The lowest BCUT2D eigenvalue weighted by atomic mass is 10.0. The van der Waals surface area contributed by atoms with E-state index in [0.29, 0.717) is 5.56 Å². The van der Waals surface area contributed by atoms with Crippen molar-refractivity contribution in [2.75, 3.05) is 5.32 Å². The van der Waals surface area contributed by atoms with Crippen molar-refractivity contribution in [1.82, 2.24) is 0 Å². The van der Waals surface area contributed by atoms with Crippen LogP contribution in [-0.2, 0) is 12.8 Å². The van der Waals surface area contributed by atoms with Crippen molar-refractivity contribution in [3.8, 4) is 6.07 Å².